The molecule has 0 radical (unpaired) electrons. The minimum absolute atomic E-state index is 0.490. The van der Waals surface area contributed by atoms with Gasteiger partial charge < -0.3 is 5.73 Å². The Labute approximate surface area is 77.6 Å². The summed E-state index contributed by atoms with van der Waals surface area (Å²) in [6, 6.07) is 0. The lowest BCUT2D eigenvalue weighted by Gasteiger charge is -2.29. The third-order valence-electron chi connectivity index (χ3n) is 2.70. The molecule has 0 fully saturated rings. The number of anilines is 1. The number of nitrogen functional groups attached to an aromatic ring is 1. The van der Waals surface area contributed by atoms with Crippen molar-refractivity contribution in [2.45, 2.75) is 33.1 Å². The summed E-state index contributed by atoms with van der Waals surface area (Å²) in [4.78, 5) is 1.52. The lowest BCUT2D eigenvalue weighted by atomic mass is 9.77. The molecule has 1 heterocycles. The quantitative estimate of drug-likeness (QED) is 0.654. The van der Waals surface area contributed by atoms with E-state index >= 15 is 0 Å². The maximum Gasteiger partial charge on any atom is 0.0458 e. The molecule has 2 rings (SSSR count). The second-order valence-corrected chi connectivity index (χ2v) is 5.40. The van der Waals surface area contributed by atoms with Crippen LogP contribution >= 0.6 is 11.3 Å². The monoisotopic (exact) mass is 181 g/mol. The summed E-state index contributed by atoms with van der Waals surface area (Å²) in [5, 5.41) is 2.09. The first-order chi connectivity index (χ1) is 5.58. The Morgan fingerprint density at radius 2 is 2.25 bits per heavy atom. The smallest absolute Gasteiger partial charge is 0.0458 e. The van der Waals surface area contributed by atoms with Gasteiger partial charge in [0.05, 0.1) is 0 Å². The van der Waals surface area contributed by atoms with Crippen LogP contribution < -0.4 is 5.73 Å². The lowest BCUT2D eigenvalue weighted by molar-refractivity contribution is 0.319. The van der Waals surface area contributed by atoms with E-state index in [2.05, 4.69) is 19.2 Å². The Morgan fingerprint density at radius 3 is 3.00 bits per heavy atom. The van der Waals surface area contributed by atoms with Crippen LogP contribution in [0.3, 0.4) is 0 Å². The third kappa shape index (κ3) is 1.24. The molecule has 1 aliphatic rings. The van der Waals surface area contributed by atoms with Crippen molar-refractivity contribution in [3.63, 3.8) is 0 Å². The van der Waals surface area contributed by atoms with Crippen LogP contribution in [0.15, 0.2) is 5.38 Å². The maximum atomic E-state index is 5.86. The molecule has 0 aliphatic heterocycles. The summed E-state index contributed by atoms with van der Waals surface area (Å²) < 4.78 is 0. The zero-order valence-corrected chi connectivity index (χ0v) is 8.50. The van der Waals surface area contributed by atoms with E-state index in [-0.39, 0.29) is 0 Å². The molecule has 1 nitrogen and oxygen atoms in total. The Bertz CT molecular complexity index is 299. The van der Waals surface area contributed by atoms with E-state index < -0.39 is 0 Å². The van der Waals surface area contributed by atoms with Crippen LogP contribution in [0.1, 0.15) is 30.7 Å². The molecule has 0 saturated carbocycles. The Balaban J connectivity index is 2.37. The fourth-order valence-corrected chi connectivity index (χ4v) is 3.10. The minimum Gasteiger partial charge on any atom is -0.398 e. The first kappa shape index (κ1) is 8.11. The van der Waals surface area contributed by atoms with Gasteiger partial charge in [0.15, 0.2) is 0 Å². The van der Waals surface area contributed by atoms with Crippen molar-refractivity contribution in [1.29, 1.82) is 0 Å². The van der Waals surface area contributed by atoms with Crippen LogP contribution in [0.5, 0.6) is 0 Å². The van der Waals surface area contributed by atoms with E-state index in [4.69, 9.17) is 5.73 Å². The van der Waals surface area contributed by atoms with Crippen molar-refractivity contribution in [3.05, 3.63) is 15.8 Å². The van der Waals surface area contributed by atoms with Gasteiger partial charge in [-0.15, -0.1) is 11.3 Å². The fourth-order valence-electron chi connectivity index (χ4n) is 1.86. The summed E-state index contributed by atoms with van der Waals surface area (Å²) >= 11 is 1.83. The highest BCUT2D eigenvalue weighted by atomic mass is 32.1. The number of hydrogen-bond acceptors (Lipinski definition) is 2. The highest BCUT2D eigenvalue weighted by molar-refractivity contribution is 7.10. The number of fused-ring (bicyclic) bond motifs is 1. The molecule has 1 aliphatic carbocycles. The SMILES string of the molecule is CC1(C)CCc2c(N)csc2C1. The fraction of sp³-hybridized carbons (Fsp3) is 0.600. The average Bonchev–Trinajstić information content (AvgIpc) is 2.30. The number of nitrogens with two attached hydrogens (primary N) is 1. The summed E-state index contributed by atoms with van der Waals surface area (Å²) in [7, 11) is 0. The van der Waals surface area contributed by atoms with Crippen LogP contribution in [-0.2, 0) is 12.8 Å². The molecule has 0 amide bonds. The second kappa shape index (κ2) is 2.49. The average molecular weight is 181 g/mol. The van der Waals surface area contributed by atoms with Crippen LogP contribution in [0.25, 0.3) is 0 Å². The van der Waals surface area contributed by atoms with E-state index in [0.29, 0.717) is 5.41 Å². The zero-order chi connectivity index (χ0) is 8.77. The zero-order valence-electron chi connectivity index (χ0n) is 7.68. The molecule has 1 aromatic rings. The van der Waals surface area contributed by atoms with Crippen molar-refractivity contribution in [2.24, 2.45) is 5.41 Å². The molecular formula is C10H15NS. The van der Waals surface area contributed by atoms with E-state index in [9.17, 15) is 0 Å². The van der Waals surface area contributed by atoms with E-state index in [1.54, 1.807) is 0 Å². The standard InChI is InChI=1S/C10H15NS/c1-10(2)4-3-7-8(11)6-12-9(7)5-10/h6H,3-5,11H2,1-2H3. The van der Waals surface area contributed by atoms with Gasteiger partial charge in [-0.3, -0.25) is 0 Å². The van der Waals surface area contributed by atoms with Gasteiger partial charge in [-0.05, 0) is 30.2 Å². The highest BCUT2D eigenvalue weighted by Crippen LogP contribution is 2.39. The normalized spacial score (nSPS) is 20.5. The largest absolute Gasteiger partial charge is 0.398 e. The van der Waals surface area contributed by atoms with Crippen LogP contribution in [0.2, 0.25) is 0 Å². The van der Waals surface area contributed by atoms with Gasteiger partial charge in [0.1, 0.15) is 0 Å². The summed E-state index contributed by atoms with van der Waals surface area (Å²) in [5.41, 5.74) is 8.80. The van der Waals surface area contributed by atoms with Crippen LogP contribution in [-0.4, -0.2) is 0 Å². The van der Waals surface area contributed by atoms with Crippen LogP contribution in [0, 0.1) is 5.41 Å². The summed E-state index contributed by atoms with van der Waals surface area (Å²) in [6.45, 7) is 4.68. The molecular weight excluding hydrogens is 166 g/mol. The highest BCUT2D eigenvalue weighted by Gasteiger charge is 2.27. The first-order valence-electron chi connectivity index (χ1n) is 4.43. The first-order valence-corrected chi connectivity index (χ1v) is 5.31. The van der Waals surface area contributed by atoms with Gasteiger partial charge in [0, 0.05) is 15.9 Å². The molecule has 0 unspecified atom stereocenters. The summed E-state index contributed by atoms with van der Waals surface area (Å²) in [6.07, 6.45) is 3.67. The third-order valence-corrected chi connectivity index (χ3v) is 3.75. The van der Waals surface area contributed by atoms with Gasteiger partial charge >= 0.3 is 0 Å². The Kier molecular flexibility index (Phi) is 1.69. The van der Waals surface area contributed by atoms with E-state index in [0.717, 1.165) is 5.69 Å². The molecule has 2 heteroatoms. The molecule has 12 heavy (non-hydrogen) atoms. The topological polar surface area (TPSA) is 26.0 Å². The predicted molar refractivity (Wildman–Crippen MR) is 54.5 cm³/mol. The molecule has 0 aromatic carbocycles. The van der Waals surface area contributed by atoms with Crippen molar-refractivity contribution >= 4 is 17.0 Å². The van der Waals surface area contributed by atoms with Crippen molar-refractivity contribution < 1.29 is 0 Å². The molecule has 2 N–H and O–H groups in total. The minimum atomic E-state index is 0.490. The van der Waals surface area contributed by atoms with Crippen molar-refractivity contribution in [3.8, 4) is 0 Å². The number of rotatable bonds is 0. The van der Waals surface area contributed by atoms with Gasteiger partial charge in [-0.2, -0.15) is 0 Å². The second-order valence-electron chi connectivity index (χ2n) is 4.43. The van der Waals surface area contributed by atoms with E-state index in [1.807, 2.05) is 11.3 Å². The van der Waals surface area contributed by atoms with Crippen molar-refractivity contribution in [1.82, 2.24) is 0 Å². The van der Waals surface area contributed by atoms with Gasteiger partial charge in [0.25, 0.3) is 0 Å². The maximum absolute atomic E-state index is 5.86. The van der Waals surface area contributed by atoms with E-state index in [1.165, 1.54) is 29.7 Å². The molecule has 0 spiro atoms. The number of hydrogen-bond donors (Lipinski definition) is 1. The number of thiophene rings is 1. The van der Waals surface area contributed by atoms with Gasteiger partial charge in [-0.1, -0.05) is 13.8 Å². The molecule has 1 aromatic heterocycles. The van der Waals surface area contributed by atoms with Crippen LogP contribution in [0.4, 0.5) is 5.69 Å². The summed E-state index contributed by atoms with van der Waals surface area (Å²) in [5.74, 6) is 0. The van der Waals surface area contributed by atoms with Crippen molar-refractivity contribution in [2.75, 3.05) is 5.73 Å². The lowest BCUT2D eigenvalue weighted by Crippen LogP contribution is -2.21. The molecule has 0 atom stereocenters. The molecule has 0 bridgehead atoms. The Morgan fingerprint density at radius 1 is 1.50 bits per heavy atom. The Hall–Kier alpha value is -0.500. The molecule has 0 saturated heterocycles. The predicted octanol–water partition coefficient (Wildman–Crippen LogP) is 2.85. The van der Waals surface area contributed by atoms with Gasteiger partial charge in [0.2, 0.25) is 0 Å². The van der Waals surface area contributed by atoms with Gasteiger partial charge in [-0.25, -0.2) is 0 Å². The molecule has 66 valence electrons.